The van der Waals surface area contributed by atoms with Gasteiger partial charge >= 0.3 is 0 Å². The number of carbonyl (C=O) groups excluding carboxylic acids is 1. The molecule has 118 valence electrons. The van der Waals surface area contributed by atoms with Crippen molar-refractivity contribution in [2.75, 3.05) is 0 Å². The highest BCUT2D eigenvalue weighted by molar-refractivity contribution is 6.06. The molecule has 3 heterocycles. The van der Waals surface area contributed by atoms with Gasteiger partial charge in [-0.3, -0.25) is 14.8 Å². The Labute approximate surface area is 138 Å². The Balaban J connectivity index is 1.68. The van der Waals surface area contributed by atoms with Crippen molar-refractivity contribution in [1.29, 1.82) is 0 Å². The number of aromatic nitrogens is 2. The molecular weight excluding hydrogens is 302 g/mol. The second kappa shape index (κ2) is 5.77. The molecule has 0 spiro atoms. The lowest BCUT2D eigenvalue weighted by atomic mass is 10.1. The quantitative estimate of drug-likeness (QED) is 0.626. The van der Waals surface area contributed by atoms with Crippen molar-refractivity contribution < 1.29 is 9.21 Å². The van der Waals surface area contributed by atoms with Crippen LogP contribution in [0.25, 0.3) is 21.9 Å². The Bertz CT molecular complexity index is 1040. The summed E-state index contributed by atoms with van der Waals surface area (Å²) < 4.78 is 5.84. The van der Waals surface area contributed by atoms with Crippen molar-refractivity contribution in [3.8, 4) is 0 Å². The Hall–Kier alpha value is -3.21. The molecule has 0 saturated heterocycles. The van der Waals surface area contributed by atoms with Crippen LogP contribution in [0.2, 0.25) is 0 Å². The van der Waals surface area contributed by atoms with Gasteiger partial charge < -0.3 is 9.73 Å². The number of carbonyl (C=O) groups is 1. The number of hydrogen-bond acceptors (Lipinski definition) is 4. The number of aryl methyl sites for hydroxylation is 1. The Morgan fingerprint density at radius 3 is 2.79 bits per heavy atom. The number of pyridine rings is 2. The number of fused-ring (bicyclic) bond motifs is 3. The first-order chi connectivity index (χ1) is 11.7. The lowest BCUT2D eigenvalue weighted by molar-refractivity contribution is 0.0925. The maximum Gasteiger partial charge on any atom is 0.287 e. The minimum absolute atomic E-state index is 0.264. The third-order valence-corrected chi connectivity index (χ3v) is 3.94. The smallest absolute Gasteiger partial charge is 0.287 e. The number of benzene rings is 1. The summed E-state index contributed by atoms with van der Waals surface area (Å²) >= 11 is 0. The van der Waals surface area contributed by atoms with E-state index in [4.69, 9.17) is 4.42 Å². The molecule has 0 radical (unpaired) electrons. The summed E-state index contributed by atoms with van der Waals surface area (Å²) in [6, 6.07) is 15.1. The standard InChI is InChI=1S/C19H15N3O2/c1-12-15-10-17(19(23)21-11-13-6-4-5-9-20-13)24-18(15)14-7-2-3-8-16(14)22-12/h2-10H,11H2,1H3,(H,21,23). The SMILES string of the molecule is Cc1nc2ccccc2c2oc(C(=O)NCc3ccccn3)cc12. The van der Waals surface area contributed by atoms with Gasteiger partial charge in [-0.05, 0) is 37.3 Å². The van der Waals surface area contributed by atoms with Crippen molar-refractivity contribution in [1.82, 2.24) is 15.3 Å². The van der Waals surface area contributed by atoms with E-state index >= 15 is 0 Å². The van der Waals surface area contributed by atoms with Gasteiger partial charge in [0.05, 0.1) is 17.8 Å². The number of para-hydroxylation sites is 1. The molecule has 3 aromatic heterocycles. The third-order valence-electron chi connectivity index (χ3n) is 3.94. The molecule has 5 heteroatoms. The van der Waals surface area contributed by atoms with Crippen LogP contribution < -0.4 is 5.32 Å². The Morgan fingerprint density at radius 1 is 1.12 bits per heavy atom. The molecule has 1 aromatic carbocycles. The average Bonchev–Trinajstić information content (AvgIpc) is 3.07. The predicted octanol–water partition coefficient (Wildman–Crippen LogP) is 3.61. The number of furan rings is 1. The van der Waals surface area contributed by atoms with Crippen LogP contribution in [-0.4, -0.2) is 15.9 Å². The van der Waals surface area contributed by atoms with Crippen molar-refractivity contribution >= 4 is 27.8 Å². The summed E-state index contributed by atoms with van der Waals surface area (Å²) in [6.07, 6.45) is 1.70. The second-order valence-corrected chi connectivity index (χ2v) is 5.57. The summed E-state index contributed by atoms with van der Waals surface area (Å²) in [5, 5.41) is 4.59. The van der Waals surface area contributed by atoms with Gasteiger partial charge in [0.2, 0.25) is 0 Å². The molecule has 0 atom stereocenters. The van der Waals surface area contributed by atoms with E-state index in [2.05, 4.69) is 15.3 Å². The van der Waals surface area contributed by atoms with E-state index in [9.17, 15) is 4.79 Å². The fraction of sp³-hybridized carbons (Fsp3) is 0.105. The zero-order valence-corrected chi connectivity index (χ0v) is 13.1. The number of nitrogens with zero attached hydrogens (tertiary/aromatic N) is 2. The van der Waals surface area contributed by atoms with E-state index < -0.39 is 0 Å². The van der Waals surface area contributed by atoms with Gasteiger partial charge in [0.1, 0.15) is 5.58 Å². The molecule has 5 nitrogen and oxygen atoms in total. The first-order valence-electron chi connectivity index (χ1n) is 7.69. The normalized spacial score (nSPS) is 11.0. The fourth-order valence-electron chi connectivity index (χ4n) is 2.74. The maximum absolute atomic E-state index is 12.4. The van der Waals surface area contributed by atoms with Crippen LogP contribution in [0.15, 0.2) is 59.1 Å². The summed E-state index contributed by atoms with van der Waals surface area (Å²) in [5.74, 6) is 0.0162. The van der Waals surface area contributed by atoms with Crippen molar-refractivity contribution in [2.24, 2.45) is 0 Å². The molecule has 0 bridgehead atoms. The molecule has 0 saturated carbocycles. The van der Waals surface area contributed by atoms with Crippen LogP contribution in [0, 0.1) is 6.92 Å². The van der Waals surface area contributed by atoms with E-state index in [0.717, 1.165) is 27.7 Å². The van der Waals surface area contributed by atoms with Gasteiger partial charge in [0, 0.05) is 22.7 Å². The molecule has 0 aliphatic carbocycles. The second-order valence-electron chi connectivity index (χ2n) is 5.57. The van der Waals surface area contributed by atoms with E-state index in [1.54, 1.807) is 12.3 Å². The number of nitrogens with one attached hydrogen (secondary N) is 1. The fourth-order valence-corrected chi connectivity index (χ4v) is 2.74. The highest BCUT2D eigenvalue weighted by Crippen LogP contribution is 2.29. The molecule has 4 aromatic rings. The van der Waals surface area contributed by atoms with E-state index in [1.165, 1.54) is 0 Å². The first-order valence-corrected chi connectivity index (χ1v) is 7.69. The average molecular weight is 317 g/mol. The minimum atomic E-state index is -0.264. The molecular formula is C19H15N3O2. The highest BCUT2D eigenvalue weighted by atomic mass is 16.3. The van der Waals surface area contributed by atoms with Crippen LogP contribution >= 0.6 is 0 Å². The summed E-state index contributed by atoms with van der Waals surface area (Å²) in [4.78, 5) is 21.1. The number of rotatable bonds is 3. The van der Waals surface area contributed by atoms with Crippen LogP contribution in [0.3, 0.4) is 0 Å². The Morgan fingerprint density at radius 2 is 1.96 bits per heavy atom. The summed E-state index contributed by atoms with van der Waals surface area (Å²) in [5.41, 5.74) is 3.19. The molecule has 4 rings (SSSR count). The van der Waals surface area contributed by atoms with E-state index in [1.807, 2.05) is 49.4 Å². The third kappa shape index (κ3) is 2.50. The van der Waals surface area contributed by atoms with E-state index in [0.29, 0.717) is 12.1 Å². The molecule has 1 N–H and O–H groups in total. The molecule has 0 aliphatic heterocycles. The maximum atomic E-state index is 12.4. The topological polar surface area (TPSA) is 68.0 Å². The molecule has 0 unspecified atom stereocenters. The summed E-state index contributed by atoms with van der Waals surface area (Å²) in [7, 11) is 0. The molecule has 24 heavy (non-hydrogen) atoms. The van der Waals surface area contributed by atoms with Crippen molar-refractivity contribution in [2.45, 2.75) is 13.5 Å². The van der Waals surface area contributed by atoms with Gasteiger partial charge in [-0.1, -0.05) is 18.2 Å². The number of amides is 1. The van der Waals surface area contributed by atoms with E-state index in [-0.39, 0.29) is 11.7 Å². The Kier molecular flexibility index (Phi) is 3.46. The minimum Gasteiger partial charge on any atom is -0.450 e. The van der Waals surface area contributed by atoms with Crippen molar-refractivity contribution in [3.63, 3.8) is 0 Å². The van der Waals surface area contributed by atoms with Crippen molar-refractivity contribution in [3.05, 3.63) is 71.9 Å². The lowest BCUT2D eigenvalue weighted by Gasteiger charge is -2.02. The van der Waals surface area contributed by atoms with Gasteiger partial charge in [0.25, 0.3) is 5.91 Å². The predicted molar refractivity (Wildman–Crippen MR) is 91.7 cm³/mol. The monoisotopic (exact) mass is 317 g/mol. The summed E-state index contributed by atoms with van der Waals surface area (Å²) in [6.45, 7) is 2.27. The molecule has 0 fully saturated rings. The van der Waals surface area contributed by atoms with Crippen LogP contribution in [0.1, 0.15) is 21.9 Å². The van der Waals surface area contributed by atoms with Gasteiger partial charge in [-0.15, -0.1) is 0 Å². The van der Waals surface area contributed by atoms with Crippen LogP contribution in [-0.2, 0) is 6.54 Å². The molecule has 0 aliphatic rings. The zero-order chi connectivity index (χ0) is 16.5. The van der Waals surface area contributed by atoms with Gasteiger partial charge in [-0.25, -0.2) is 0 Å². The largest absolute Gasteiger partial charge is 0.450 e. The number of hydrogen-bond donors (Lipinski definition) is 1. The van der Waals surface area contributed by atoms with Crippen LogP contribution in [0.4, 0.5) is 0 Å². The van der Waals surface area contributed by atoms with Gasteiger partial charge in [-0.2, -0.15) is 0 Å². The van der Waals surface area contributed by atoms with Crippen LogP contribution in [0.5, 0.6) is 0 Å². The lowest BCUT2D eigenvalue weighted by Crippen LogP contribution is -2.22. The highest BCUT2D eigenvalue weighted by Gasteiger charge is 2.16. The molecule has 1 amide bonds. The zero-order valence-electron chi connectivity index (χ0n) is 13.1. The first kappa shape index (κ1) is 14.4. The van der Waals surface area contributed by atoms with Gasteiger partial charge in [0.15, 0.2) is 5.76 Å².